The number of hydrogen-bond acceptors (Lipinski definition) is 6. The molecule has 2 aromatic rings. The van der Waals surface area contributed by atoms with Crippen LogP contribution in [0.3, 0.4) is 0 Å². The van der Waals surface area contributed by atoms with E-state index in [9.17, 15) is 9.59 Å². The minimum Gasteiger partial charge on any atom is -0.493 e. The number of likely N-dealkylation sites (N-methyl/N-ethyl adjacent to an activating group) is 1. The summed E-state index contributed by atoms with van der Waals surface area (Å²) in [7, 11) is 3.50. The molecular weight excluding hydrogens is 528 g/mol. The van der Waals surface area contributed by atoms with E-state index in [1.807, 2.05) is 31.3 Å². The molecule has 7 heteroatoms. The molecule has 2 aliphatic heterocycles. The zero-order chi connectivity index (χ0) is 29.4. The smallest absolute Gasteiger partial charge is 0.303 e. The molecule has 2 saturated carbocycles. The highest BCUT2D eigenvalue weighted by molar-refractivity contribution is 5.94. The van der Waals surface area contributed by atoms with E-state index < -0.39 is 11.0 Å². The van der Waals surface area contributed by atoms with E-state index in [0.29, 0.717) is 18.6 Å². The van der Waals surface area contributed by atoms with Crippen LogP contribution in [-0.4, -0.2) is 72.7 Å². The lowest BCUT2D eigenvalue weighted by Crippen LogP contribution is -2.79. The number of rotatable bonds is 5. The standard InChI is InChI=1S/C35H40N2O5/c1-21-6-7-24(18-22(21)2)10-13-30(39)36(4)27-14-15-35(42-23(3)38)29-19-26-11-12-28(40-5)32-31(26)34(35,33(27)41-32)16-17-37(29)20-25-8-9-25/h6-7,11-12,18,25,27,29,33H,8-9,14-17,19-20H2,1-5H3/t27-,29+,33-,34-,35+/m0/s1. The third-order valence-electron chi connectivity index (χ3n) is 10.9. The highest BCUT2D eigenvalue weighted by atomic mass is 16.6. The molecule has 1 spiro atoms. The van der Waals surface area contributed by atoms with Gasteiger partial charge < -0.3 is 19.1 Å². The molecule has 2 aromatic carbocycles. The fraction of sp³-hybridized carbons (Fsp3) is 0.543. The molecule has 7 rings (SSSR count). The Bertz CT molecular complexity index is 1540. The van der Waals surface area contributed by atoms with E-state index in [4.69, 9.17) is 14.2 Å². The van der Waals surface area contributed by atoms with E-state index in [2.05, 4.69) is 36.7 Å². The summed E-state index contributed by atoms with van der Waals surface area (Å²) in [5.41, 5.74) is 4.24. The first-order chi connectivity index (χ1) is 20.2. The van der Waals surface area contributed by atoms with Gasteiger partial charge in [-0.25, -0.2) is 0 Å². The Kier molecular flexibility index (Phi) is 6.36. The molecule has 5 atom stereocenters. The van der Waals surface area contributed by atoms with Crippen molar-refractivity contribution >= 4 is 11.9 Å². The van der Waals surface area contributed by atoms with Gasteiger partial charge in [-0.05, 0) is 99.7 Å². The van der Waals surface area contributed by atoms with E-state index >= 15 is 0 Å². The Balaban J connectivity index is 1.30. The molecule has 7 nitrogen and oxygen atoms in total. The van der Waals surface area contributed by atoms with Gasteiger partial charge in [0.15, 0.2) is 11.5 Å². The molecule has 3 aliphatic carbocycles. The molecule has 3 fully saturated rings. The number of benzene rings is 2. The summed E-state index contributed by atoms with van der Waals surface area (Å²) in [5.74, 6) is 7.66. The number of carbonyl (C=O) groups excluding carboxylic acids is 2. The van der Waals surface area contributed by atoms with Crippen LogP contribution in [0.4, 0.5) is 0 Å². The summed E-state index contributed by atoms with van der Waals surface area (Å²) in [4.78, 5) is 30.9. The first-order valence-corrected chi connectivity index (χ1v) is 15.3. The second-order valence-electron chi connectivity index (χ2n) is 13.1. The van der Waals surface area contributed by atoms with Crippen LogP contribution in [0.15, 0.2) is 30.3 Å². The molecule has 2 bridgehead atoms. The monoisotopic (exact) mass is 568 g/mol. The molecule has 42 heavy (non-hydrogen) atoms. The zero-order valence-corrected chi connectivity index (χ0v) is 25.3. The van der Waals surface area contributed by atoms with Crippen LogP contribution in [0.25, 0.3) is 0 Å². The number of carbonyl (C=O) groups is 2. The predicted molar refractivity (Wildman–Crippen MR) is 159 cm³/mol. The number of methoxy groups -OCH3 is 1. The highest BCUT2D eigenvalue weighted by Crippen LogP contribution is 2.67. The number of aryl methyl sites for hydroxylation is 2. The molecule has 1 saturated heterocycles. The third-order valence-corrected chi connectivity index (χ3v) is 10.9. The second-order valence-corrected chi connectivity index (χ2v) is 13.1. The van der Waals surface area contributed by atoms with Gasteiger partial charge in [-0.1, -0.05) is 18.1 Å². The minimum absolute atomic E-state index is 0.0696. The molecule has 0 N–H and O–H groups in total. The Labute approximate surface area is 248 Å². The van der Waals surface area contributed by atoms with Crippen LogP contribution >= 0.6 is 0 Å². The Morgan fingerprint density at radius 2 is 1.93 bits per heavy atom. The molecule has 1 amide bonds. The van der Waals surface area contributed by atoms with Crippen LogP contribution in [0.1, 0.15) is 66.8 Å². The summed E-state index contributed by atoms with van der Waals surface area (Å²) in [5, 5.41) is 0. The molecule has 220 valence electrons. The van der Waals surface area contributed by atoms with E-state index in [0.717, 1.165) is 54.3 Å². The van der Waals surface area contributed by atoms with Gasteiger partial charge in [0, 0.05) is 37.6 Å². The van der Waals surface area contributed by atoms with Gasteiger partial charge in [-0.2, -0.15) is 0 Å². The number of ether oxygens (including phenoxy) is 3. The van der Waals surface area contributed by atoms with Crippen molar-refractivity contribution in [3.63, 3.8) is 0 Å². The molecule has 2 heterocycles. The fourth-order valence-corrected chi connectivity index (χ4v) is 8.62. The maximum absolute atomic E-state index is 13.6. The van der Waals surface area contributed by atoms with Gasteiger partial charge in [-0.15, -0.1) is 0 Å². The maximum Gasteiger partial charge on any atom is 0.303 e. The van der Waals surface area contributed by atoms with Gasteiger partial charge in [-0.3, -0.25) is 14.5 Å². The lowest BCUT2D eigenvalue weighted by atomic mass is 9.48. The average molecular weight is 569 g/mol. The first kappa shape index (κ1) is 27.3. The van der Waals surface area contributed by atoms with E-state index in [1.165, 1.54) is 30.9 Å². The highest BCUT2D eigenvalue weighted by Gasteiger charge is 2.75. The van der Waals surface area contributed by atoms with Crippen LogP contribution in [0.5, 0.6) is 11.5 Å². The van der Waals surface area contributed by atoms with Crippen molar-refractivity contribution in [2.75, 3.05) is 27.2 Å². The van der Waals surface area contributed by atoms with E-state index in [1.54, 1.807) is 12.0 Å². The molecule has 0 radical (unpaired) electrons. The minimum atomic E-state index is -0.729. The number of hydrogen-bond donors (Lipinski definition) is 0. The normalized spacial score (nSPS) is 30.4. The van der Waals surface area contributed by atoms with Gasteiger partial charge in [0.25, 0.3) is 5.91 Å². The number of nitrogens with zero attached hydrogens (tertiary/aromatic N) is 2. The molecule has 0 unspecified atom stereocenters. The number of amides is 1. The van der Waals surface area contributed by atoms with Gasteiger partial charge in [0.2, 0.25) is 0 Å². The maximum atomic E-state index is 13.6. The van der Waals surface area contributed by atoms with Crippen molar-refractivity contribution in [3.8, 4) is 23.3 Å². The van der Waals surface area contributed by atoms with Crippen molar-refractivity contribution in [1.29, 1.82) is 0 Å². The molecule has 0 aromatic heterocycles. The van der Waals surface area contributed by atoms with Gasteiger partial charge in [0.05, 0.1) is 24.6 Å². The van der Waals surface area contributed by atoms with Crippen molar-refractivity contribution in [2.24, 2.45) is 5.92 Å². The SMILES string of the molecule is COc1ccc2c3c1O[C@H]1[C@@H](N(C)C(=O)C#Cc4ccc(C)c(C)c4)CC[C@@]4(OC(C)=O)[C@@H](C2)N(CC2CC2)CC[C@]314. The second kappa shape index (κ2) is 9.77. The largest absolute Gasteiger partial charge is 0.493 e. The number of esters is 1. The van der Waals surface area contributed by atoms with Crippen LogP contribution < -0.4 is 9.47 Å². The summed E-state index contributed by atoms with van der Waals surface area (Å²) >= 11 is 0. The summed E-state index contributed by atoms with van der Waals surface area (Å²) in [6.07, 6.45) is 5.11. The van der Waals surface area contributed by atoms with Crippen molar-refractivity contribution in [2.45, 2.75) is 88.5 Å². The predicted octanol–water partition coefficient (Wildman–Crippen LogP) is 4.33. The average Bonchev–Trinajstić information content (AvgIpc) is 3.71. The number of likely N-dealkylation sites (tertiary alicyclic amines) is 1. The fourth-order valence-electron chi connectivity index (χ4n) is 8.62. The van der Waals surface area contributed by atoms with Gasteiger partial charge in [0.1, 0.15) is 11.7 Å². The van der Waals surface area contributed by atoms with Gasteiger partial charge >= 0.3 is 5.97 Å². The summed E-state index contributed by atoms with van der Waals surface area (Å²) in [6, 6.07) is 10.0. The Morgan fingerprint density at radius 3 is 2.64 bits per heavy atom. The lowest BCUT2D eigenvalue weighted by Gasteiger charge is -2.65. The Morgan fingerprint density at radius 1 is 1.12 bits per heavy atom. The first-order valence-electron chi connectivity index (χ1n) is 15.3. The van der Waals surface area contributed by atoms with Crippen LogP contribution in [-0.2, 0) is 26.2 Å². The third kappa shape index (κ3) is 3.91. The van der Waals surface area contributed by atoms with E-state index in [-0.39, 0.29) is 30.1 Å². The zero-order valence-electron chi connectivity index (χ0n) is 25.3. The summed E-state index contributed by atoms with van der Waals surface area (Å²) in [6.45, 7) is 7.61. The molecule has 5 aliphatic rings. The van der Waals surface area contributed by atoms with Crippen LogP contribution in [0, 0.1) is 31.6 Å². The quantitative estimate of drug-likeness (QED) is 0.395. The summed E-state index contributed by atoms with van der Waals surface area (Å²) < 4.78 is 19.3. The topological polar surface area (TPSA) is 68.3 Å². The van der Waals surface area contributed by atoms with Crippen LogP contribution in [0.2, 0.25) is 0 Å². The van der Waals surface area contributed by atoms with Crippen molar-refractivity contribution in [1.82, 2.24) is 9.80 Å². The molecular formula is C35H40N2O5. The van der Waals surface area contributed by atoms with Crippen molar-refractivity contribution < 1.29 is 23.8 Å². The van der Waals surface area contributed by atoms with Crippen molar-refractivity contribution in [3.05, 3.63) is 58.1 Å². The Hall–Kier alpha value is -3.50. The lowest BCUT2D eigenvalue weighted by molar-refractivity contribution is -0.223. The number of piperidine rings is 1.